The summed E-state index contributed by atoms with van der Waals surface area (Å²) in [5.74, 6) is 0. The van der Waals surface area contributed by atoms with Crippen LogP contribution in [0.3, 0.4) is 0 Å². The molecule has 0 amide bonds. The largest absolute Gasteiger partial charge is 0.345 e. The van der Waals surface area contributed by atoms with E-state index in [1.54, 1.807) is 7.05 Å². The summed E-state index contributed by atoms with van der Waals surface area (Å²) in [5.41, 5.74) is 0.731. The molecule has 0 aliphatic rings. The lowest BCUT2D eigenvalue weighted by molar-refractivity contribution is 0.470. The van der Waals surface area contributed by atoms with Gasteiger partial charge in [0.1, 0.15) is 6.33 Å². The Morgan fingerprint density at radius 2 is 2.24 bits per heavy atom. The van der Waals surface area contributed by atoms with Gasteiger partial charge in [-0.1, -0.05) is 6.92 Å². The van der Waals surface area contributed by atoms with Crippen LogP contribution >= 0.6 is 0 Å². The van der Waals surface area contributed by atoms with Gasteiger partial charge in [0.05, 0.1) is 12.2 Å². The van der Waals surface area contributed by atoms with E-state index < -0.39 is 0 Å². The molecule has 6 nitrogen and oxygen atoms in total. The maximum absolute atomic E-state index is 11.6. The van der Waals surface area contributed by atoms with E-state index in [9.17, 15) is 4.79 Å². The van der Waals surface area contributed by atoms with Crippen LogP contribution in [0.5, 0.6) is 0 Å². The van der Waals surface area contributed by atoms with Gasteiger partial charge in [0.15, 0.2) is 0 Å². The predicted octanol–water partition coefficient (Wildman–Crippen LogP) is 0.798. The van der Waals surface area contributed by atoms with E-state index in [0.717, 1.165) is 12.1 Å². The van der Waals surface area contributed by atoms with Gasteiger partial charge in [-0.25, -0.2) is 9.48 Å². The van der Waals surface area contributed by atoms with E-state index in [-0.39, 0.29) is 5.69 Å². The van der Waals surface area contributed by atoms with Gasteiger partial charge in [-0.3, -0.25) is 9.25 Å². The molecule has 0 N–H and O–H groups in total. The molecule has 0 aromatic carbocycles. The average molecular weight is 235 g/mol. The summed E-state index contributed by atoms with van der Waals surface area (Å²) in [6.45, 7) is 4.65. The van der Waals surface area contributed by atoms with E-state index in [1.807, 2.05) is 16.9 Å². The molecule has 2 aromatic rings. The van der Waals surface area contributed by atoms with Crippen LogP contribution in [-0.4, -0.2) is 24.1 Å². The summed E-state index contributed by atoms with van der Waals surface area (Å²) >= 11 is 0. The molecule has 6 heteroatoms. The minimum absolute atomic E-state index is 0.122. The molecule has 0 saturated carbocycles. The van der Waals surface area contributed by atoms with Crippen molar-refractivity contribution < 1.29 is 0 Å². The second-order valence-electron chi connectivity index (χ2n) is 4.23. The monoisotopic (exact) mass is 235 g/mol. The van der Waals surface area contributed by atoms with Crippen molar-refractivity contribution in [2.75, 3.05) is 0 Å². The van der Waals surface area contributed by atoms with E-state index in [2.05, 4.69) is 24.0 Å². The molecule has 17 heavy (non-hydrogen) atoms. The molecular formula is C11H17N5O. The fourth-order valence-electron chi connectivity index (χ4n) is 1.58. The summed E-state index contributed by atoms with van der Waals surface area (Å²) in [5, 5.41) is 8.44. The third-order valence-corrected chi connectivity index (χ3v) is 2.90. The molecule has 2 heterocycles. The van der Waals surface area contributed by atoms with Crippen molar-refractivity contribution in [2.24, 2.45) is 7.05 Å². The van der Waals surface area contributed by atoms with Gasteiger partial charge >= 0.3 is 5.69 Å². The van der Waals surface area contributed by atoms with Crippen molar-refractivity contribution in [3.8, 4) is 0 Å². The van der Waals surface area contributed by atoms with Gasteiger partial charge in [0, 0.05) is 19.3 Å². The van der Waals surface area contributed by atoms with Gasteiger partial charge in [-0.2, -0.15) is 10.2 Å². The highest BCUT2D eigenvalue weighted by atomic mass is 16.2. The Labute approximate surface area is 99.5 Å². The summed E-state index contributed by atoms with van der Waals surface area (Å²) in [6, 6.07) is 2.30. The van der Waals surface area contributed by atoms with Crippen LogP contribution in [0.4, 0.5) is 0 Å². The first-order chi connectivity index (χ1) is 8.11. The molecule has 2 aromatic heterocycles. The molecule has 0 fully saturated rings. The zero-order chi connectivity index (χ0) is 12.4. The second-order valence-corrected chi connectivity index (χ2v) is 4.23. The minimum atomic E-state index is -0.122. The number of rotatable bonds is 4. The molecular weight excluding hydrogens is 218 g/mol. The average Bonchev–Trinajstić information content (AvgIpc) is 2.91. The number of nitrogens with zero attached hydrogens (tertiary/aromatic N) is 5. The van der Waals surface area contributed by atoms with Crippen molar-refractivity contribution in [1.82, 2.24) is 24.1 Å². The third-order valence-electron chi connectivity index (χ3n) is 2.90. The Hall–Kier alpha value is -1.85. The summed E-state index contributed by atoms with van der Waals surface area (Å²) in [6.07, 6.45) is 4.48. The molecule has 1 atom stereocenters. The highest BCUT2D eigenvalue weighted by Crippen LogP contribution is 2.09. The Balaban J connectivity index is 2.17. The van der Waals surface area contributed by atoms with E-state index >= 15 is 0 Å². The zero-order valence-electron chi connectivity index (χ0n) is 10.4. The van der Waals surface area contributed by atoms with Gasteiger partial charge in [-0.15, -0.1) is 0 Å². The van der Waals surface area contributed by atoms with Crippen molar-refractivity contribution in [3.05, 3.63) is 34.8 Å². The van der Waals surface area contributed by atoms with Crippen LogP contribution in [0.1, 0.15) is 32.0 Å². The summed E-state index contributed by atoms with van der Waals surface area (Å²) < 4.78 is 4.78. The fraction of sp³-hybridized carbons (Fsp3) is 0.545. The molecule has 0 aliphatic carbocycles. The Morgan fingerprint density at radius 3 is 2.82 bits per heavy atom. The van der Waals surface area contributed by atoms with Gasteiger partial charge in [0.2, 0.25) is 0 Å². The van der Waals surface area contributed by atoms with Crippen LogP contribution in [-0.2, 0) is 13.6 Å². The Bertz CT molecular complexity index is 550. The van der Waals surface area contributed by atoms with Crippen LogP contribution in [0.2, 0.25) is 0 Å². The molecule has 0 spiro atoms. The zero-order valence-corrected chi connectivity index (χ0v) is 10.4. The van der Waals surface area contributed by atoms with Crippen LogP contribution in [0.15, 0.2) is 23.4 Å². The molecule has 0 bridgehead atoms. The Morgan fingerprint density at radius 1 is 1.47 bits per heavy atom. The number of hydrogen-bond acceptors (Lipinski definition) is 3. The lowest BCUT2D eigenvalue weighted by Gasteiger charge is -2.07. The smallest absolute Gasteiger partial charge is 0.285 e. The maximum Gasteiger partial charge on any atom is 0.345 e. The van der Waals surface area contributed by atoms with Crippen LogP contribution in [0.25, 0.3) is 0 Å². The van der Waals surface area contributed by atoms with Crippen molar-refractivity contribution >= 4 is 0 Å². The quantitative estimate of drug-likeness (QED) is 0.787. The first kappa shape index (κ1) is 11.6. The van der Waals surface area contributed by atoms with Crippen LogP contribution < -0.4 is 5.69 Å². The van der Waals surface area contributed by atoms with Crippen molar-refractivity contribution in [3.63, 3.8) is 0 Å². The summed E-state index contributed by atoms with van der Waals surface area (Å²) in [7, 11) is 1.68. The minimum Gasteiger partial charge on any atom is -0.285 e. The predicted molar refractivity (Wildman–Crippen MR) is 63.8 cm³/mol. The molecule has 0 aliphatic heterocycles. The maximum atomic E-state index is 11.6. The SMILES string of the molecule is CCC(C)n1ccc(Cn2ncn(C)c2=O)n1. The molecule has 92 valence electrons. The van der Waals surface area contributed by atoms with Gasteiger partial charge in [0.25, 0.3) is 0 Å². The van der Waals surface area contributed by atoms with E-state index in [1.165, 1.54) is 15.6 Å². The summed E-state index contributed by atoms with van der Waals surface area (Å²) in [4.78, 5) is 11.6. The highest BCUT2D eigenvalue weighted by molar-refractivity contribution is 5.00. The van der Waals surface area contributed by atoms with Gasteiger partial charge < -0.3 is 0 Å². The Kier molecular flexibility index (Phi) is 3.12. The molecule has 1 unspecified atom stereocenters. The lowest BCUT2D eigenvalue weighted by atomic mass is 10.3. The first-order valence-corrected chi connectivity index (χ1v) is 5.74. The number of aromatic nitrogens is 5. The first-order valence-electron chi connectivity index (χ1n) is 5.74. The molecule has 0 radical (unpaired) electrons. The highest BCUT2D eigenvalue weighted by Gasteiger charge is 2.07. The van der Waals surface area contributed by atoms with E-state index in [4.69, 9.17) is 0 Å². The van der Waals surface area contributed by atoms with Crippen LogP contribution in [0, 0.1) is 0 Å². The normalized spacial score (nSPS) is 12.9. The number of hydrogen-bond donors (Lipinski definition) is 0. The van der Waals surface area contributed by atoms with Crippen molar-refractivity contribution in [2.45, 2.75) is 32.9 Å². The standard InChI is InChI=1S/C11H17N5O/c1-4-9(2)15-6-5-10(13-15)7-16-11(17)14(3)8-12-16/h5-6,8-9H,4,7H2,1-3H3. The fourth-order valence-corrected chi connectivity index (χ4v) is 1.58. The lowest BCUT2D eigenvalue weighted by Crippen LogP contribution is -2.23. The third kappa shape index (κ3) is 2.30. The molecule has 0 saturated heterocycles. The topological polar surface area (TPSA) is 57.6 Å². The van der Waals surface area contributed by atoms with Gasteiger partial charge in [-0.05, 0) is 19.4 Å². The van der Waals surface area contributed by atoms with Crippen molar-refractivity contribution in [1.29, 1.82) is 0 Å². The number of aryl methyl sites for hydroxylation is 1. The molecule has 2 rings (SSSR count). The van der Waals surface area contributed by atoms with E-state index in [0.29, 0.717) is 12.6 Å². The second kappa shape index (κ2) is 4.57.